The Morgan fingerprint density at radius 2 is 1.95 bits per heavy atom. The highest BCUT2D eigenvalue weighted by Crippen LogP contribution is 2.32. The molecule has 0 atom stereocenters. The quantitative estimate of drug-likeness (QED) is 0.662. The molecule has 0 aliphatic carbocycles. The number of hydrogen-bond donors (Lipinski definition) is 1. The average Bonchev–Trinajstić information content (AvgIpc) is 2.86. The van der Waals surface area contributed by atoms with E-state index in [1.807, 2.05) is 18.2 Å². The largest absolute Gasteiger partial charge is 0.497 e. The van der Waals surface area contributed by atoms with Gasteiger partial charge in [0.15, 0.2) is 0 Å². The van der Waals surface area contributed by atoms with E-state index < -0.39 is 0 Å². The molecule has 0 saturated carbocycles. The first kappa shape index (κ1) is 13.7. The molecule has 6 heteroatoms. The highest BCUT2D eigenvalue weighted by Gasteiger charge is 2.11. The number of imidazole rings is 1. The lowest BCUT2D eigenvalue weighted by Gasteiger charge is -1.99. The zero-order valence-electron chi connectivity index (χ0n) is 10.4. The maximum Gasteiger partial charge on any atom is 0.138 e. The van der Waals surface area contributed by atoms with Gasteiger partial charge in [0.05, 0.1) is 22.7 Å². The Hall–Kier alpha value is -1.23. The summed E-state index contributed by atoms with van der Waals surface area (Å²) in [5, 5.41) is 1.02. The van der Waals surface area contributed by atoms with Gasteiger partial charge in [0, 0.05) is 16.1 Å². The standard InChI is InChI=1S/C14H9BrCl2N2O/c1-20-8-5-9(15)13-12(6-8)18-14(19-13)7-2-3-10(16)11(17)4-7/h2-6H,1H3,(H,18,19). The number of ether oxygens (including phenoxy) is 1. The van der Waals surface area contributed by atoms with Gasteiger partial charge in [-0.05, 0) is 40.2 Å². The molecule has 0 bridgehead atoms. The fraction of sp³-hybridized carbons (Fsp3) is 0.0714. The Balaban J connectivity index is 2.17. The maximum atomic E-state index is 6.04. The van der Waals surface area contributed by atoms with E-state index in [9.17, 15) is 0 Å². The lowest BCUT2D eigenvalue weighted by molar-refractivity contribution is 0.415. The van der Waals surface area contributed by atoms with Crippen molar-refractivity contribution in [3.63, 3.8) is 0 Å². The van der Waals surface area contributed by atoms with Gasteiger partial charge in [-0.25, -0.2) is 4.98 Å². The SMILES string of the molecule is COc1cc(Br)c2nc(-c3ccc(Cl)c(Cl)c3)[nH]c2c1. The zero-order valence-corrected chi connectivity index (χ0v) is 13.5. The third-order valence-electron chi connectivity index (χ3n) is 2.94. The first-order valence-corrected chi connectivity index (χ1v) is 7.32. The van der Waals surface area contributed by atoms with Gasteiger partial charge in [-0.2, -0.15) is 0 Å². The second kappa shape index (κ2) is 5.28. The summed E-state index contributed by atoms with van der Waals surface area (Å²) in [5.74, 6) is 1.49. The molecule has 1 heterocycles. The smallest absolute Gasteiger partial charge is 0.138 e. The molecule has 102 valence electrons. The minimum atomic E-state index is 0.501. The second-order valence-corrected chi connectivity index (χ2v) is 5.89. The first-order valence-electron chi connectivity index (χ1n) is 5.77. The molecule has 0 aliphatic heterocycles. The molecule has 20 heavy (non-hydrogen) atoms. The van der Waals surface area contributed by atoms with Crippen molar-refractivity contribution in [3.05, 3.63) is 44.8 Å². The number of H-pyrrole nitrogens is 1. The molecule has 2 aromatic carbocycles. The summed E-state index contributed by atoms with van der Waals surface area (Å²) >= 11 is 15.5. The van der Waals surface area contributed by atoms with E-state index >= 15 is 0 Å². The number of nitrogens with zero attached hydrogens (tertiary/aromatic N) is 1. The van der Waals surface area contributed by atoms with E-state index in [1.54, 1.807) is 19.2 Å². The molecule has 0 unspecified atom stereocenters. The fourth-order valence-electron chi connectivity index (χ4n) is 1.95. The van der Waals surface area contributed by atoms with E-state index in [2.05, 4.69) is 25.9 Å². The minimum absolute atomic E-state index is 0.501. The third-order valence-corrected chi connectivity index (χ3v) is 4.29. The first-order chi connectivity index (χ1) is 9.58. The summed E-state index contributed by atoms with van der Waals surface area (Å²) in [6.07, 6.45) is 0. The third kappa shape index (κ3) is 2.39. The van der Waals surface area contributed by atoms with Crippen LogP contribution in [0.25, 0.3) is 22.4 Å². The van der Waals surface area contributed by atoms with Crippen molar-refractivity contribution in [2.24, 2.45) is 0 Å². The van der Waals surface area contributed by atoms with Gasteiger partial charge in [-0.15, -0.1) is 0 Å². The summed E-state index contributed by atoms with van der Waals surface area (Å²) in [5.41, 5.74) is 2.60. The van der Waals surface area contributed by atoms with Crippen LogP contribution in [0, 0.1) is 0 Å². The van der Waals surface area contributed by atoms with Crippen molar-refractivity contribution >= 4 is 50.2 Å². The van der Waals surface area contributed by atoms with Crippen LogP contribution in [-0.4, -0.2) is 17.1 Å². The Kier molecular flexibility index (Phi) is 3.63. The summed E-state index contributed by atoms with van der Waals surface area (Å²) in [6, 6.07) is 9.18. The second-order valence-electron chi connectivity index (χ2n) is 4.22. The molecule has 0 saturated heterocycles. The van der Waals surface area contributed by atoms with E-state index in [0.29, 0.717) is 10.0 Å². The molecule has 0 fully saturated rings. The van der Waals surface area contributed by atoms with Gasteiger partial charge in [0.1, 0.15) is 17.1 Å². The summed E-state index contributed by atoms with van der Waals surface area (Å²) < 4.78 is 6.11. The number of benzene rings is 2. The number of aromatic amines is 1. The van der Waals surface area contributed by atoms with Crippen LogP contribution < -0.4 is 4.74 Å². The maximum absolute atomic E-state index is 6.04. The molecule has 3 aromatic rings. The number of rotatable bonds is 2. The number of halogens is 3. The lowest BCUT2D eigenvalue weighted by atomic mass is 10.2. The van der Waals surface area contributed by atoms with Crippen LogP contribution in [0.3, 0.4) is 0 Å². The van der Waals surface area contributed by atoms with Crippen LogP contribution in [0.5, 0.6) is 5.75 Å². The van der Waals surface area contributed by atoms with Crippen LogP contribution in [0.1, 0.15) is 0 Å². The number of nitrogens with one attached hydrogen (secondary N) is 1. The van der Waals surface area contributed by atoms with Gasteiger partial charge in [-0.1, -0.05) is 23.2 Å². The van der Waals surface area contributed by atoms with Crippen LogP contribution in [0.2, 0.25) is 10.0 Å². The molecule has 0 amide bonds. The Morgan fingerprint density at radius 1 is 1.15 bits per heavy atom. The Labute approximate surface area is 134 Å². The molecule has 0 aliphatic rings. The topological polar surface area (TPSA) is 37.9 Å². The molecule has 1 aromatic heterocycles. The van der Waals surface area contributed by atoms with Gasteiger partial charge < -0.3 is 9.72 Å². The van der Waals surface area contributed by atoms with Crippen LogP contribution in [0.4, 0.5) is 0 Å². The van der Waals surface area contributed by atoms with E-state index in [1.165, 1.54) is 0 Å². The van der Waals surface area contributed by atoms with Gasteiger partial charge in [0.2, 0.25) is 0 Å². The van der Waals surface area contributed by atoms with Crippen molar-refractivity contribution in [1.29, 1.82) is 0 Å². The van der Waals surface area contributed by atoms with Crippen molar-refractivity contribution in [2.75, 3.05) is 7.11 Å². The predicted octanol–water partition coefficient (Wildman–Crippen LogP) is 5.31. The van der Waals surface area contributed by atoms with Gasteiger partial charge in [0.25, 0.3) is 0 Å². The molecule has 0 radical (unpaired) electrons. The Bertz CT molecular complexity index is 801. The molecule has 0 spiro atoms. The fourth-order valence-corrected chi connectivity index (χ4v) is 2.77. The highest BCUT2D eigenvalue weighted by molar-refractivity contribution is 9.10. The number of fused-ring (bicyclic) bond motifs is 1. The van der Waals surface area contributed by atoms with Crippen LogP contribution >= 0.6 is 39.1 Å². The van der Waals surface area contributed by atoms with E-state index in [-0.39, 0.29) is 0 Å². The minimum Gasteiger partial charge on any atom is -0.497 e. The number of hydrogen-bond acceptors (Lipinski definition) is 2. The number of aromatic nitrogens is 2. The normalized spacial score (nSPS) is 11.0. The van der Waals surface area contributed by atoms with E-state index in [0.717, 1.165) is 32.6 Å². The van der Waals surface area contributed by atoms with Gasteiger partial charge >= 0.3 is 0 Å². The molecule has 1 N–H and O–H groups in total. The summed E-state index contributed by atoms with van der Waals surface area (Å²) in [4.78, 5) is 7.82. The lowest BCUT2D eigenvalue weighted by Crippen LogP contribution is -1.82. The van der Waals surface area contributed by atoms with Crippen molar-refractivity contribution in [1.82, 2.24) is 9.97 Å². The predicted molar refractivity (Wildman–Crippen MR) is 85.8 cm³/mol. The molecule has 3 rings (SSSR count). The average molecular weight is 372 g/mol. The summed E-state index contributed by atoms with van der Waals surface area (Å²) in [7, 11) is 1.63. The molecular formula is C14H9BrCl2N2O. The molecular weight excluding hydrogens is 363 g/mol. The van der Waals surface area contributed by atoms with Gasteiger partial charge in [-0.3, -0.25) is 0 Å². The van der Waals surface area contributed by atoms with E-state index in [4.69, 9.17) is 27.9 Å². The monoisotopic (exact) mass is 370 g/mol. The van der Waals surface area contributed by atoms with Crippen LogP contribution in [0.15, 0.2) is 34.8 Å². The van der Waals surface area contributed by atoms with Crippen molar-refractivity contribution < 1.29 is 4.74 Å². The van der Waals surface area contributed by atoms with Crippen molar-refractivity contribution in [3.8, 4) is 17.1 Å². The number of methoxy groups -OCH3 is 1. The summed E-state index contributed by atoms with van der Waals surface area (Å²) in [6.45, 7) is 0. The zero-order chi connectivity index (χ0) is 14.3. The molecule has 3 nitrogen and oxygen atoms in total. The highest BCUT2D eigenvalue weighted by atomic mass is 79.9. The van der Waals surface area contributed by atoms with Crippen molar-refractivity contribution in [2.45, 2.75) is 0 Å². The van der Waals surface area contributed by atoms with Crippen LogP contribution in [-0.2, 0) is 0 Å². The Morgan fingerprint density at radius 3 is 2.65 bits per heavy atom.